The van der Waals surface area contributed by atoms with E-state index in [2.05, 4.69) is 39.2 Å². The average Bonchev–Trinajstić information content (AvgIpc) is 3.27. The van der Waals surface area contributed by atoms with E-state index in [1.54, 1.807) is 0 Å². The van der Waals surface area contributed by atoms with Crippen molar-refractivity contribution in [2.45, 2.75) is 31.8 Å². The fourth-order valence-electron chi connectivity index (χ4n) is 4.05. The standard InChI is InChI=1S/C20H28N4O2/c21-17-2-1-16(13-17)20(25)22-18-3-4-19-15(14-18)5-6-24(19)8-7-23-9-11-26-12-10-23/h3-6,14,16-17H,1-2,7-13,21H2,(H,22,25). The van der Waals surface area contributed by atoms with Crippen LogP contribution in [0.25, 0.3) is 10.9 Å². The highest BCUT2D eigenvalue weighted by molar-refractivity contribution is 5.95. The van der Waals surface area contributed by atoms with E-state index >= 15 is 0 Å². The summed E-state index contributed by atoms with van der Waals surface area (Å²) < 4.78 is 7.69. The first-order chi connectivity index (χ1) is 12.7. The molecule has 1 aliphatic carbocycles. The van der Waals surface area contributed by atoms with Crippen molar-refractivity contribution < 1.29 is 9.53 Å². The van der Waals surface area contributed by atoms with Crippen LogP contribution >= 0.6 is 0 Å². The van der Waals surface area contributed by atoms with Gasteiger partial charge in [-0.25, -0.2) is 0 Å². The van der Waals surface area contributed by atoms with Gasteiger partial charge in [-0.3, -0.25) is 9.69 Å². The van der Waals surface area contributed by atoms with Crippen molar-refractivity contribution in [1.29, 1.82) is 0 Å². The number of rotatable bonds is 5. The second-order valence-electron chi connectivity index (χ2n) is 7.50. The number of amides is 1. The molecule has 3 N–H and O–H groups in total. The van der Waals surface area contributed by atoms with Crippen molar-refractivity contribution in [1.82, 2.24) is 9.47 Å². The molecule has 26 heavy (non-hydrogen) atoms. The number of nitrogens with zero attached hydrogens (tertiary/aromatic N) is 2. The highest BCUT2D eigenvalue weighted by Gasteiger charge is 2.27. The van der Waals surface area contributed by atoms with Crippen LogP contribution in [0.1, 0.15) is 19.3 Å². The molecule has 0 radical (unpaired) electrons. The van der Waals surface area contributed by atoms with Crippen LogP contribution in [0.2, 0.25) is 0 Å². The largest absolute Gasteiger partial charge is 0.379 e. The van der Waals surface area contributed by atoms with Gasteiger partial charge < -0.3 is 20.4 Å². The summed E-state index contributed by atoms with van der Waals surface area (Å²) in [6.45, 7) is 5.70. The number of nitrogens with two attached hydrogens (primary N) is 1. The summed E-state index contributed by atoms with van der Waals surface area (Å²) in [6, 6.07) is 8.46. The highest BCUT2D eigenvalue weighted by atomic mass is 16.5. The Bertz CT molecular complexity index is 766. The normalized spacial score (nSPS) is 24.2. The topological polar surface area (TPSA) is 72.5 Å². The van der Waals surface area contributed by atoms with Crippen LogP contribution in [-0.4, -0.2) is 54.3 Å². The van der Waals surface area contributed by atoms with Gasteiger partial charge in [0.2, 0.25) is 5.91 Å². The van der Waals surface area contributed by atoms with Crippen LogP contribution in [0, 0.1) is 5.92 Å². The number of nitrogens with one attached hydrogen (secondary N) is 1. The molecule has 1 aromatic heterocycles. The lowest BCUT2D eigenvalue weighted by molar-refractivity contribution is -0.119. The first kappa shape index (κ1) is 17.5. The summed E-state index contributed by atoms with van der Waals surface area (Å²) in [5.74, 6) is 0.155. The van der Waals surface area contributed by atoms with E-state index < -0.39 is 0 Å². The summed E-state index contributed by atoms with van der Waals surface area (Å²) in [7, 11) is 0. The number of morpholine rings is 1. The number of hydrogen-bond acceptors (Lipinski definition) is 4. The van der Waals surface area contributed by atoms with Gasteiger partial charge >= 0.3 is 0 Å². The fraction of sp³-hybridized carbons (Fsp3) is 0.550. The summed E-state index contributed by atoms with van der Waals surface area (Å²) >= 11 is 0. The average molecular weight is 356 g/mol. The number of carbonyl (C=O) groups excluding carboxylic acids is 1. The van der Waals surface area contributed by atoms with Gasteiger partial charge in [0, 0.05) is 60.9 Å². The molecule has 0 bridgehead atoms. The lowest BCUT2D eigenvalue weighted by Gasteiger charge is -2.26. The molecular formula is C20H28N4O2. The monoisotopic (exact) mass is 356 g/mol. The van der Waals surface area contributed by atoms with Gasteiger partial charge in [-0.1, -0.05) is 0 Å². The van der Waals surface area contributed by atoms with E-state index in [-0.39, 0.29) is 17.9 Å². The summed E-state index contributed by atoms with van der Waals surface area (Å²) in [6.07, 6.45) is 4.77. The fourth-order valence-corrected chi connectivity index (χ4v) is 4.05. The molecule has 4 rings (SSSR count). The second-order valence-corrected chi connectivity index (χ2v) is 7.50. The van der Waals surface area contributed by atoms with E-state index in [0.717, 1.165) is 69.7 Å². The molecule has 1 saturated heterocycles. The highest BCUT2D eigenvalue weighted by Crippen LogP contribution is 2.26. The number of carbonyl (C=O) groups is 1. The number of fused-ring (bicyclic) bond motifs is 1. The van der Waals surface area contributed by atoms with Gasteiger partial charge in [-0.05, 0) is 43.5 Å². The molecule has 2 fully saturated rings. The van der Waals surface area contributed by atoms with Crippen molar-refractivity contribution in [3.05, 3.63) is 30.5 Å². The Hall–Kier alpha value is -1.89. The zero-order valence-electron chi connectivity index (χ0n) is 15.2. The van der Waals surface area contributed by atoms with Crippen molar-refractivity contribution in [3.8, 4) is 0 Å². The number of anilines is 1. The van der Waals surface area contributed by atoms with Gasteiger partial charge in [0.1, 0.15) is 0 Å². The SMILES string of the molecule is NC1CCC(C(=O)Nc2ccc3c(ccn3CCN3CCOCC3)c2)C1. The maximum Gasteiger partial charge on any atom is 0.227 e. The molecular weight excluding hydrogens is 328 g/mol. The molecule has 2 heterocycles. The third kappa shape index (κ3) is 3.92. The molecule has 1 aliphatic heterocycles. The minimum atomic E-state index is 0.0545. The molecule has 2 atom stereocenters. The Balaban J connectivity index is 1.39. The van der Waals surface area contributed by atoms with E-state index in [1.807, 2.05) is 6.07 Å². The summed E-state index contributed by atoms with van der Waals surface area (Å²) in [4.78, 5) is 14.8. The van der Waals surface area contributed by atoms with Gasteiger partial charge in [-0.2, -0.15) is 0 Å². The Morgan fingerprint density at radius 2 is 2.04 bits per heavy atom. The van der Waals surface area contributed by atoms with Crippen LogP contribution in [0.4, 0.5) is 5.69 Å². The van der Waals surface area contributed by atoms with Gasteiger partial charge in [0.25, 0.3) is 0 Å². The molecule has 1 saturated carbocycles. The minimum Gasteiger partial charge on any atom is -0.379 e. The Morgan fingerprint density at radius 1 is 1.19 bits per heavy atom. The maximum atomic E-state index is 12.4. The number of hydrogen-bond donors (Lipinski definition) is 2. The van der Waals surface area contributed by atoms with Crippen molar-refractivity contribution in [2.75, 3.05) is 38.2 Å². The summed E-state index contributed by atoms with van der Waals surface area (Å²) in [5, 5.41) is 4.22. The predicted molar refractivity (Wildman–Crippen MR) is 103 cm³/mol. The van der Waals surface area contributed by atoms with Crippen LogP contribution in [0.5, 0.6) is 0 Å². The van der Waals surface area contributed by atoms with Crippen LogP contribution in [-0.2, 0) is 16.1 Å². The third-order valence-corrected chi connectivity index (χ3v) is 5.64. The Morgan fingerprint density at radius 3 is 2.81 bits per heavy atom. The molecule has 2 aromatic rings. The van der Waals surface area contributed by atoms with Gasteiger partial charge in [0.15, 0.2) is 0 Å². The molecule has 2 unspecified atom stereocenters. The van der Waals surface area contributed by atoms with Crippen molar-refractivity contribution in [2.24, 2.45) is 11.7 Å². The quantitative estimate of drug-likeness (QED) is 0.860. The van der Waals surface area contributed by atoms with Gasteiger partial charge in [-0.15, -0.1) is 0 Å². The van der Waals surface area contributed by atoms with Crippen molar-refractivity contribution in [3.63, 3.8) is 0 Å². The number of ether oxygens (including phenoxy) is 1. The lowest BCUT2D eigenvalue weighted by atomic mass is 10.1. The molecule has 6 nitrogen and oxygen atoms in total. The molecule has 140 valence electrons. The van der Waals surface area contributed by atoms with Crippen LogP contribution in [0.3, 0.4) is 0 Å². The number of aromatic nitrogens is 1. The maximum absolute atomic E-state index is 12.4. The smallest absolute Gasteiger partial charge is 0.227 e. The second kappa shape index (κ2) is 7.78. The zero-order valence-corrected chi connectivity index (χ0v) is 15.2. The van der Waals surface area contributed by atoms with E-state index in [9.17, 15) is 4.79 Å². The minimum absolute atomic E-state index is 0.0545. The summed E-state index contributed by atoms with van der Waals surface area (Å²) in [5.41, 5.74) is 8.00. The first-order valence-corrected chi connectivity index (χ1v) is 9.64. The molecule has 2 aliphatic rings. The van der Waals surface area contributed by atoms with Gasteiger partial charge in [0.05, 0.1) is 13.2 Å². The first-order valence-electron chi connectivity index (χ1n) is 9.64. The Kier molecular flexibility index (Phi) is 5.24. The van der Waals surface area contributed by atoms with E-state index in [4.69, 9.17) is 10.5 Å². The third-order valence-electron chi connectivity index (χ3n) is 5.64. The van der Waals surface area contributed by atoms with E-state index in [0.29, 0.717) is 0 Å². The zero-order chi connectivity index (χ0) is 17.9. The lowest BCUT2D eigenvalue weighted by Crippen LogP contribution is -2.38. The predicted octanol–water partition coefficient (Wildman–Crippen LogP) is 2.04. The van der Waals surface area contributed by atoms with Crippen LogP contribution in [0.15, 0.2) is 30.5 Å². The Labute approximate surface area is 154 Å². The van der Waals surface area contributed by atoms with Crippen molar-refractivity contribution >= 4 is 22.5 Å². The molecule has 1 amide bonds. The molecule has 6 heteroatoms. The molecule has 1 aromatic carbocycles. The van der Waals surface area contributed by atoms with E-state index in [1.165, 1.54) is 5.52 Å². The molecule has 0 spiro atoms. The number of benzene rings is 1. The van der Waals surface area contributed by atoms with Crippen LogP contribution < -0.4 is 11.1 Å².